The minimum absolute atomic E-state index is 0.0691. The molecule has 1 fully saturated rings. The predicted molar refractivity (Wildman–Crippen MR) is 75.4 cm³/mol. The van der Waals surface area contributed by atoms with E-state index >= 15 is 0 Å². The highest BCUT2D eigenvalue weighted by atomic mass is 32.2. The molecule has 2 N–H and O–H groups in total. The average Bonchev–Trinajstić information content (AvgIpc) is 3.08. The molecule has 0 heterocycles. The van der Waals surface area contributed by atoms with Crippen molar-refractivity contribution >= 4 is 9.84 Å². The first-order valence-electron chi connectivity index (χ1n) is 6.37. The molecule has 1 aromatic rings. The van der Waals surface area contributed by atoms with Crippen molar-refractivity contribution < 1.29 is 13.2 Å². The monoisotopic (exact) mass is 283 g/mol. The molecule has 0 bridgehead atoms. The van der Waals surface area contributed by atoms with Crippen LogP contribution in [0.3, 0.4) is 0 Å². The number of hydrogen-bond acceptors (Lipinski definition) is 4. The molecule has 1 aromatic carbocycles. The fraction of sp³-hybridized carbons (Fsp3) is 0.571. The molecule has 4 nitrogen and oxygen atoms in total. The molecule has 0 aliphatic heterocycles. The second-order valence-corrected chi connectivity index (χ2v) is 7.52. The molecule has 1 saturated carbocycles. The van der Waals surface area contributed by atoms with Gasteiger partial charge in [0.15, 0.2) is 9.84 Å². The minimum Gasteiger partial charge on any atom is -0.496 e. The van der Waals surface area contributed by atoms with Gasteiger partial charge in [0.1, 0.15) is 5.75 Å². The van der Waals surface area contributed by atoms with E-state index in [4.69, 9.17) is 10.5 Å². The van der Waals surface area contributed by atoms with Crippen molar-refractivity contribution in [1.82, 2.24) is 0 Å². The van der Waals surface area contributed by atoms with Crippen LogP contribution in [0.2, 0.25) is 0 Å². The van der Waals surface area contributed by atoms with Crippen molar-refractivity contribution in [2.24, 2.45) is 5.73 Å². The molecular formula is C14H21NO3S. The van der Waals surface area contributed by atoms with Gasteiger partial charge in [0.05, 0.1) is 12.0 Å². The third-order valence-electron chi connectivity index (χ3n) is 4.09. The third-order valence-corrected chi connectivity index (χ3v) is 5.23. The van der Waals surface area contributed by atoms with Crippen LogP contribution in [0.1, 0.15) is 30.9 Å². The van der Waals surface area contributed by atoms with Gasteiger partial charge >= 0.3 is 0 Å². The summed E-state index contributed by atoms with van der Waals surface area (Å²) in [7, 11) is -1.67. The van der Waals surface area contributed by atoms with Crippen LogP contribution in [0.5, 0.6) is 5.75 Å². The summed E-state index contributed by atoms with van der Waals surface area (Å²) in [4.78, 5) is 0.389. The quantitative estimate of drug-likeness (QED) is 0.914. The Balaban J connectivity index is 2.71. The Labute approximate surface area is 114 Å². The first-order valence-corrected chi connectivity index (χ1v) is 8.26. The van der Waals surface area contributed by atoms with E-state index in [1.165, 1.54) is 6.26 Å². The van der Waals surface area contributed by atoms with Crippen LogP contribution in [-0.2, 0) is 15.3 Å². The van der Waals surface area contributed by atoms with E-state index in [-0.39, 0.29) is 11.5 Å². The second-order valence-electron chi connectivity index (χ2n) is 5.53. The third kappa shape index (κ3) is 2.37. The molecule has 0 aromatic heterocycles. The standard InChI is InChI=1S/C14H21NO3S/c1-9-7-13(19(4,16)17)11(8-12(9)18-3)14(5-6-14)10(2)15/h7-8,10H,5-6,15H2,1-4H3. The highest BCUT2D eigenvalue weighted by Crippen LogP contribution is 2.53. The average molecular weight is 283 g/mol. The van der Waals surface area contributed by atoms with E-state index in [0.29, 0.717) is 10.6 Å². The van der Waals surface area contributed by atoms with E-state index in [0.717, 1.165) is 24.0 Å². The maximum atomic E-state index is 12.0. The molecule has 2 rings (SSSR count). The summed E-state index contributed by atoms with van der Waals surface area (Å²) in [5, 5.41) is 0. The van der Waals surface area contributed by atoms with Gasteiger partial charge in [0.25, 0.3) is 0 Å². The molecule has 0 amide bonds. The first-order chi connectivity index (χ1) is 8.72. The number of methoxy groups -OCH3 is 1. The highest BCUT2D eigenvalue weighted by molar-refractivity contribution is 7.90. The maximum Gasteiger partial charge on any atom is 0.175 e. The van der Waals surface area contributed by atoms with Gasteiger partial charge in [-0.3, -0.25) is 0 Å². The van der Waals surface area contributed by atoms with Gasteiger partial charge < -0.3 is 10.5 Å². The van der Waals surface area contributed by atoms with Crippen molar-refractivity contribution in [2.45, 2.75) is 43.0 Å². The van der Waals surface area contributed by atoms with E-state index in [2.05, 4.69) is 0 Å². The molecule has 0 radical (unpaired) electrons. The fourth-order valence-electron chi connectivity index (χ4n) is 2.68. The zero-order chi connectivity index (χ0) is 14.4. The maximum absolute atomic E-state index is 12.0. The topological polar surface area (TPSA) is 69.4 Å². The van der Waals surface area contributed by atoms with Crippen molar-refractivity contribution in [1.29, 1.82) is 0 Å². The molecule has 0 saturated heterocycles. The van der Waals surface area contributed by atoms with Crippen LogP contribution < -0.4 is 10.5 Å². The summed E-state index contributed by atoms with van der Waals surface area (Å²) in [6.07, 6.45) is 3.10. The van der Waals surface area contributed by atoms with Crippen LogP contribution in [0.25, 0.3) is 0 Å². The van der Waals surface area contributed by atoms with Gasteiger partial charge in [0, 0.05) is 17.7 Å². The summed E-state index contributed by atoms with van der Waals surface area (Å²) in [6, 6.07) is 3.48. The number of aryl methyl sites for hydroxylation is 1. The zero-order valence-corrected chi connectivity index (χ0v) is 12.7. The summed E-state index contributed by atoms with van der Waals surface area (Å²) in [6.45, 7) is 3.79. The van der Waals surface area contributed by atoms with Crippen LogP contribution in [0.15, 0.2) is 17.0 Å². The Morgan fingerprint density at radius 1 is 1.37 bits per heavy atom. The first kappa shape index (κ1) is 14.3. The Hall–Kier alpha value is -1.07. The summed E-state index contributed by atoms with van der Waals surface area (Å²) in [5.41, 5.74) is 7.50. The molecule has 5 heteroatoms. The highest BCUT2D eigenvalue weighted by Gasteiger charge is 2.49. The molecule has 19 heavy (non-hydrogen) atoms. The van der Waals surface area contributed by atoms with E-state index in [9.17, 15) is 8.42 Å². The molecule has 0 spiro atoms. The van der Waals surface area contributed by atoms with Crippen LogP contribution in [0, 0.1) is 6.92 Å². The number of hydrogen-bond donors (Lipinski definition) is 1. The SMILES string of the molecule is COc1cc(C2(C(C)N)CC2)c(S(C)(=O)=O)cc1C. The Morgan fingerprint density at radius 2 is 1.95 bits per heavy atom. The van der Waals surface area contributed by atoms with Gasteiger partial charge in [-0.1, -0.05) is 0 Å². The van der Waals surface area contributed by atoms with Crippen molar-refractivity contribution in [3.8, 4) is 5.75 Å². The number of rotatable bonds is 4. The Kier molecular flexibility index (Phi) is 3.39. The number of sulfone groups is 1. The summed E-state index contributed by atoms with van der Waals surface area (Å²) >= 11 is 0. The smallest absolute Gasteiger partial charge is 0.175 e. The number of benzene rings is 1. The van der Waals surface area contributed by atoms with Crippen LogP contribution in [-0.4, -0.2) is 27.8 Å². The van der Waals surface area contributed by atoms with Gasteiger partial charge in [0.2, 0.25) is 0 Å². The lowest BCUT2D eigenvalue weighted by Gasteiger charge is -2.24. The molecular weight excluding hydrogens is 262 g/mol. The number of nitrogens with two attached hydrogens (primary N) is 1. The molecule has 1 unspecified atom stereocenters. The van der Waals surface area contributed by atoms with Crippen LogP contribution in [0.4, 0.5) is 0 Å². The van der Waals surface area contributed by atoms with Crippen LogP contribution >= 0.6 is 0 Å². The van der Waals surface area contributed by atoms with Crippen molar-refractivity contribution in [3.63, 3.8) is 0 Å². The van der Waals surface area contributed by atoms with Crippen molar-refractivity contribution in [3.05, 3.63) is 23.3 Å². The Bertz CT molecular complexity index is 601. The fourth-order valence-corrected chi connectivity index (χ4v) is 3.73. The molecule has 1 atom stereocenters. The lowest BCUT2D eigenvalue weighted by Crippen LogP contribution is -2.32. The van der Waals surface area contributed by atoms with Gasteiger partial charge in [-0.05, 0) is 49.9 Å². The van der Waals surface area contributed by atoms with E-state index in [1.807, 2.05) is 19.9 Å². The predicted octanol–water partition coefficient (Wildman–Crippen LogP) is 1.79. The summed E-state index contributed by atoms with van der Waals surface area (Å²) < 4.78 is 29.4. The van der Waals surface area contributed by atoms with E-state index in [1.54, 1.807) is 13.2 Å². The van der Waals surface area contributed by atoms with Gasteiger partial charge in [-0.2, -0.15) is 0 Å². The lowest BCUT2D eigenvalue weighted by atomic mass is 9.88. The number of ether oxygens (including phenoxy) is 1. The zero-order valence-electron chi connectivity index (χ0n) is 11.9. The molecule has 106 valence electrons. The largest absolute Gasteiger partial charge is 0.496 e. The summed E-state index contributed by atoms with van der Waals surface area (Å²) in [5.74, 6) is 0.717. The van der Waals surface area contributed by atoms with E-state index < -0.39 is 9.84 Å². The molecule has 1 aliphatic rings. The minimum atomic E-state index is -3.27. The van der Waals surface area contributed by atoms with Gasteiger partial charge in [-0.15, -0.1) is 0 Å². The second kappa shape index (κ2) is 4.49. The lowest BCUT2D eigenvalue weighted by molar-refractivity contribution is 0.408. The van der Waals surface area contributed by atoms with Crippen molar-refractivity contribution in [2.75, 3.05) is 13.4 Å². The normalized spacial score (nSPS) is 19.0. The molecule has 1 aliphatic carbocycles. The van der Waals surface area contributed by atoms with Gasteiger partial charge in [-0.25, -0.2) is 8.42 Å². The Morgan fingerprint density at radius 3 is 2.32 bits per heavy atom.